The topological polar surface area (TPSA) is 123 Å². The maximum atomic E-state index is 13.3. The van der Waals surface area contributed by atoms with Crippen LogP contribution in [0.2, 0.25) is 0 Å². The van der Waals surface area contributed by atoms with Gasteiger partial charge in [0.15, 0.2) is 0 Å². The van der Waals surface area contributed by atoms with Gasteiger partial charge in [-0.05, 0) is 64.6 Å². The monoisotopic (exact) mass is 573 g/mol. The first-order valence-corrected chi connectivity index (χ1v) is 14.1. The van der Waals surface area contributed by atoms with E-state index in [1.165, 1.54) is 17.7 Å². The van der Waals surface area contributed by atoms with E-state index >= 15 is 0 Å². The van der Waals surface area contributed by atoms with Gasteiger partial charge in [0.25, 0.3) is 5.91 Å². The minimum atomic E-state index is -0.916. The summed E-state index contributed by atoms with van der Waals surface area (Å²) in [6.45, 7) is 7.11. The number of aromatic nitrogens is 3. The number of amides is 2. The number of primary amides is 1. The molecule has 8 nitrogen and oxygen atoms in total. The first kappa shape index (κ1) is 29.3. The van der Waals surface area contributed by atoms with Crippen LogP contribution in [-0.4, -0.2) is 37.7 Å². The highest BCUT2D eigenvalue weighted by Crippen LogP contribution is 2.28. The molecule has 0 aliphatic heterocycles. The number of pyridine rings is 1. The normalized spacial score (nSPS) is 12.1. The molecule has 0 fully saturated rings. The molecule has 0 aliphatic carbocycles. The summed E-state index contributed by atoms with van der Waals surface area (Å²) in [4.78, 5) is 29.6. The lowest BCUT2D eigenvalue weighted by molar-refractivity contribution is -0.119. The maximum absolute atomic E-state index is 13.3. The van der Waals surface area contributed by atoms with Gasteiger partial charge < -0.3 is 16.2 Å². The van der Waals surface area contributed by atoms with E-state index in [1.54, 1.807) is 36.7 Å². The van der Waals surface area contributed by atoms with E-state index in [2.05, 4.69) is 55.3 Å². The molecule has 0 radical (unpaired) electrons. The van der Waals surface area contributed by atoms with E-state index in [-0.39, 0.29) is 17.6 Å². The molecule has 2 heterocycles. The van der Waals surface area contributed by atoms with Crippen molar-refractivity contribution in [1.82, 2.24) is 20.1 Å². The Bertz CT molecular complexity index is 1720. The van der Waals surface area contributed by atoms with Crippen molar-refractivity contribution >= 4 is 11.8 Å². The zero-order valence-electron chi connectivity index (χ0n) is 24.5. The molecule has 0 spiro atoms. The van der Waals surface area contributed by atoms with Crippen LogP contribution in [0.5, 0.6) is 5.75 Å². The summed E-state index contributed by atoms with van der Waals surface area (Å²) in [5.41, 5.74) is 12.6. The van der Waals surface area contributed by atoms with Crippen molar-refractivity contribution in [1.29, 1.82) is 0 Å². The molecule has 8 heteroatoms. The standard InChI is InChI=1S/C35H35N5O3/c1-35(2,3)28-11-7-24(8-12-28)22-40-32(21-30(39-40)25-15-17-37-18-16-25)26-5-4-6-27(20-26)34(43)38-31(33(36)42)19-23-9-13-29(41)14-10-23/h4-18,20-21,31,41H,19,22H2,1-3H3,(H2,36,42)(H,38,43). The molecule has 1 atom stereocenters. The number of phenols is 1. The molecule has 5 aromatic rings. The average molecular weight is 574 g/mol. The Morgan fingerprint density at radius 1 is 0.884 bits per heavy atom. The summed E-state index contributed by atoms with van der Waals surface area (Å²) < 4.78 is 1.94. The van der Waals surface area contributed by atoms with E-state index in [0.717, 1.165) is 33.6 Å². The Hall–Kier alpha value is -5.24. The molecule has 5 rings (SSSR count). The van der Waals surface area contributed by atoms with Crippen LogP contribution in [0.3, 0.4) is 0 Å². The molecule has 2 aromatic heterocycles. The zero-order chi connectivity index (χ0) is 30.6. The number of carbonyl (C=O) groups is 2. The van der Waals surface area contributed by atoms with Gasteiger partial charge in [0.2, 0.25) is 5.91 Å². The molecular formula is C35H35N5O3. The SMILES string of the molecule is CC(C)(C)c1ccc(Cn2nc(-c3ccncc3)cc2-c2cccc(C(=O)NC(Cc3ccc(O)cc3)C(N)=O)c2)cc1. The van der Waals surface area contributed by atoms with Crippen LogP contribution in [0.4, 0.5) is 0 Å². The predicted octanol–water partition coefficient (Wildman–Crippen LogP) is 5.49. The van der Waals surface area contributed by atoms with Crippen molar-refractivity contribution in [3.8, 4) is 28.3 Å². The lowest BCUT2D eigenvalue weighted by atomic mass is 9.87. The highest BCUT2D eigenvalue weighted by atomic mass is 16.3. The molecule has 2 amide bonds. The predicted molar refractivity (Wildman–Crippen MR) is 167 cm³/mol. The maximum Gasteiger partial charge on any atom is 0.251 e. The number of nitrogens with one attached hydrogen (secondary N) is 1. The fraction of sp³-hybridized carbons (Fsp3) is 0.200. The summed E-state index contributed by atoms with van der Waals surface area (Å²) in [6, 6.07) is 27.2. The first-order chi connectivity index (χ1) is 20.6. The molecule has 218 valence electrons. The largest absolute Gasteiger partial charge is 0.508 e. The molecule has 3 aromatic carbocycles. The highest BCUT2D eigenvalue weighted by molar-refractivity contribution is 5.98. The molecule has 0 aliphatic rings. The molecule has 0 bridgehead atoms. The van der Waals surface area contributed by atoms with Crippen LogP contribution in [0.25, 0.3) is 22.5 Å². The van der Waals surface area contributed by atoms with Gasteiger partial charge in [0, 0.05) is 35.5 Å². The van der Waals surface area contributed by atoms with Gasteiger partial charge in [-0.1, -0.05) is 69.3 Å². The third-order valence-electron chi connectivity index (χ3n) is 7.35. The summed E-state index contributed by atoms with van der Waals surface area (Å²) >= 11 is 0. The van der Waals surface area contributed by atoms with Crippen molar-refractivity contribution < 1.29 is 14.7 Å². The van der Waals surface area contributed by atoms with Crippen LogP contribution in [-0.2, 0) is 23.2 Å². The number of benzene rings is 3. The van der Waals surface area contributed by atoms with Gasteiger partial charge in [-0.2, -0.15) is 5.10 Å². The number of phenolic OH excluding ortho intramolecular Hbond substituents is 1. The van der Waals surface area contributed by atoms with Crippen LogP contribution in [0.15, 0.2) is 103 Å². The van der Waals surface area contributed by atoms with Gasteiger partial charge in [-0.3, -0.25) is 19.3 Å². The minimum absolute atomic E-state index is 0.0580. The number of carbonyl (C=O) groups excluding carboxylic acids is 2. The van der Waals surface area contributed by atoms with E-state index in [1.807, 2.05) is 35.0 Å². The van der Waals surface area contributed by atoms with E-state index in [9.17, 15) is 14.7 Å². The Kier molecular flexibility index (Phi) is 8.39. The van der Waals surface area contributed by atoms with Gasteiger partial charge in [0.1, 0.15) is 11.8 Å². The molecule has 0 saturated heterocycles. The van der Waals surface area contributed by atoms with Crippen molar-refractivity contribution in [2.45, 2.75) is 45.2 Å². The molecular weight excluding hydrogens is 538 g/mol. The number of aromatic hydroxyl groups is 1. The van der Waals surface area contributed by atoms with Gasteiger partial charge >= 0.3 is 0 Å². The smallest absolute Gasteiger partial charge is 0.251 e. The fourth-order valence-corrected chi connectivity index (χ4v) is 4.87. The fourth-order valence-electron chi connectivity index (χ4n) is 4.87. The van der Waals surface area contributed by atoms with Crippen LogP contribution < -0.4 is 11.1 Å². The highest BCUT2D eigenvalue weighted by Gasteiger charge is 2.21. The summed E-state index contributed by atoms with van der Waals surface area (Å²) in [5, 5.41) is 17.3. The first-order valence-electron chi connectivity index (χ1n) is 14.1. The van der Waals surface area contributed by atoms with Crippen LogP contribution in [0, 0.1) is 0 Å². The Balaban J connectivity index is 1.44. The second kappa shape index (κ2) is 12.3. The summed E-state index contributed by atoms with van der Waals surface area (Å²) in [7, 11) is 0. The summed E-state index contributed by atoms with van der Waals surface area (Å²) in [6.07, 6.45) is 3.67. The lowest BCUT2D eigenvalue weighted by Gasteiger charge is -2.19. The number of hydrogen-bond donors (Lipinski definition) is 3. The quantitative estimate of drug-likeness (QED) is 0.215. The second-order valence-corrected chi connectivity index (χ2v) is 11.6. The van der Waals surface area contributed by atoms with E-state index in [0.29, 0.717) is 12.1 Å². The Morgan fingerprint density at radius 2 is 1.56 bits per heavy atom. The molecule has 0 saturated carbocycles. The van der Waals surface area contributed by atoms with Gasteiger partial charge in [-0.15, -0.1) is 0 Å². The molecule has 4 N–H and O–H groups in total. The van der Waals surface area contributed by atoms with E-state index in [4.69, 9.17) is 10.8 Å². The third kappa shape index (κ3) is 7.16. The number of nitrogens with two attached hydrogens (primary N) is 1. The van der Waals surface area contributed by atoms with Crippen LogP contribution >= 0.6 is 0 Å². The van der Waals surface area contributed by atoms with Crippen molar-refractivity contribution in [3.05, 3.63) is 126 Å². The van der Waals surface area contributed by atoms with E-state index < -0.39 is 17.9 Å². The summed E-state index contributed by atoms with van der Waals surface area (Å²) in [5.74, 6) is -0.939. The van der Waals surface area contributed by atoms with Crippen LogP contribution in [0.1, 0.15) is 47.8 Å². The Morgan fingerprint density at radius 3 is 2.21 bits per heavy atom. The van der Waals surface area contributed by atoms with Gasteiger partial charge in [0.05, 0.1) is 17.9 Å². The van der Waals surface area contributed by atoms with Crippen molar-refractivity contribution in [3.63, 3.8) is 0 Å². The average Bonchev–Trinajstić information content (AvgIpc) is 3.42. The third-order valence-corrected chi connectivity index (χ3v) is 7.35. The Labute approximate surface area is 251 Å². The van der Waals surface area contributed by atoms with Gasteiger partial charge in [-0.25, -0.2) is 0 Å². The second-order valence-electron chi connectivity index (χ2n) is 11.6. The number of rotatable bonds is 9. The molecule has 43 heavy (non-hydrogen) atoms. The minimum Gasteiger partial charge on any atom is -0.508 e. The number of hydrogen-bond acceptors (Lipinski definition) is 5. The molecule has 1 unspecified atom stereocenters. The van der Waals surface area contributed by atoms with Crippen molar-refractivity contribution in [2.24, 2.45) is 5.73 Å². The number of nitrogens with zero attached hydrogens (tertiary/aromatic N) is 3. The van der Waals surface area contributed by atoms with Crippen molar-refractivity contribution in [2.75, 3.05) is 0 Å². The zero-order valence-corrected chi connectivity index (χ0v) is 24.5. The lowest BCUT2D eigenvalue weighted by Crippen LogP contribution is -2.45.